The molecule has 2 unspecified atom stereocenters. The van der Waals surface area contributed by atoms with Crippen LogP contribution in [0, 0.1) is 5.92 Å². The lowest BCUT2D eigenvalue weighted by atomic mass is 10.1. The second kappa shape index (κ2) is 5.15. The van der Waals surface area contributed by atoms with E-state index in [0.717, 1.165) is 25.0 Å². The van der Waals surface area contributed by atoms with E-state index in [2.05, 4.69) is 21.3 Å². The monoisotopic (exact) mass is 231 g/mol. The van der Waals surface area contributed by atoms with E-state index in [1.165, 1.54) is 37.9 Å². The van der Waals surface area contributed by atoms with E-state index >= 15 is 0 Å². The summed E-state index contributed by atoms with van der Waals surface area (Å²) in [4.78, 5) is 6.79. The van der Waals surface area contributed by atoms with Crippen molar-refractivity contribution in [2.45, 2.75) is 31.8 Å². The lowest BCUT2D eigenvalue weighted by molar-refractivity contribution is 0.214. The molecule has 0 aromatic carbocycles. The average molecular weight is 231 g/mol. The van der Waals surface area contributed by atoms with Gasteiger partial charge in [-0.25, -0.2) is 0 Å². The Kier molecular flexibility index (Phi) is 3.39. The largest absolute Gasteiger partial charge is 0.311 e. The number of fused-ring (bicyclic) bond motifs is 2. The molecule has 3 rings (SSSR count). The lowest BCUT2D eigenvalue weighted by Gasteiger charge is -2.26. The number of nitrogens with one attached hydrogen (secondary N) is 1. The number of aromatic nitrogens is 1. The fourth-order valence-electron chi connectivity index (χ4n) is 3.26. The molecule has 1 N–H and O–H groups in total. The fourth-order valence-corrected chi connectivity index (χ4v) is 3.26. The predicted octanol–water partition coefficient (Wildman–Crippen LogP) is 1.66. The van der Waals surface area contributed by atoms with Gasteiger partial charge in [0.1, 0.15) is 0 Å². The molecule has 1 aromatic heterocycles. The van der Waals surface area contributed by atoms with Gasteiger partial charge < -0.3 is 5.32 Å². The molecule has 17 heavy (non-hydrogen) atoms. The minimum Gasteiger partial charge on any atom is -0.311 e. The van der Waals surface area contributed by atoms with Crippen LogP contribution in [0.3, 0.4) is 0 Å². The highest BCUT2D eigenvalue weighted by molar-refractivity contribution is 5.07. The van der Waals surface area contributed by atoms with E-state index < -0.39 is 0 Å². The fraction of sp³-hybridized carbons (Fsp3) is 0.643. The van der Waals surface area contributed by atoms with Gasteiger partial charge in [-0.3, -0.25) is 9.88 Å². The van der Waals surface area contributed by atoms with E-state index in [0.29, 0.717) is 0 Å². The molecular formula is C14H21N3. The van der Waals surface area contributed by atoms with E-state index in [1.807, 2.05) is 18.5 Å². The molecule has 0 amide bonds. The first-order chi connectivity index (χ1) is 8.42. The molecule has 1 saturated heterocycles. The second-order valence-electron chi connectivity index (χ2n) is 5.37. The van der Waals surface area contributed by atoms with Crippen LogP contribution in [-0.4, -0.2) is 35.6 Å². The Balaban J connectivity index is 1.36. The van der Waals surface area contributed by atoms with Crippen molar-refractivity contribution in [1.82, 2.24) is 15.2 Å². The maximum absolute atomic E-state index is 4.12. The molecule has 2 bridgehead atoms. The Morgan fingerprint density at radius 2 is 2.41 bits per heavy atom. The van der Waals surface area contributed by atoms with Crippen molar-refractivity contribution in [3.05, 3.63) is 30.1 Å². The summed E-state index contributed by atoms with van der Waals surface area (Å²) in [6.45, 7) is 4.59. The van der Waals surface area contributed by atoms with E-state index in [-0.39, 0.29) is 0 Å². The topological polar surface area (TPSA) is 28.2 Å². The molecule has 0 radical (unpaired) electrons. The first kappa shape index (κ1) is 11.2. The first-order valence-corrected chi connectivity index (χ1v) is 6.75. The van der Waals surface area contributed by atoms with Crippen molar-refractivity contribution >= 4 is 0 Å². The molecule has 1 aromatic rings. The van der Waals surface area contributed by atoms with Crippen molar-refractivity contribution in [3.8, 4) is 0 Å². The number of rotatable bonds is 5. The minimum absolute atomic E-state index is 0.903. The summed E-state index contributed by atoms with van der Waals surface area (Å²) in [6, 6.07) is 5.02. The summed E-state index contributed by atoms with van der Waals surface area (Å²) >= 11 is 0. The molecule has 3 nitrogen and oxygen atoms in total. The number of hydrogen-bond acceptors (Lipinski definition) is 3. The Morgan fingerprint density at radius 3 is 3.12 bits per heavy atom. The van der Waals surface area contributed by atoms with Crippen LogP contribution < -0.4 is 5.32 Å². The van der Waals surface area contributed by atoms with Crippen LogP contribution in [0.25, 0.3) is 0 Å². The molecule has 2 atom stereocenters. The van der Waals surface area contributed by atoms with Gasteiger partial charge >= 0.3 is 0 Å². The molecule has 1 aliphatic heterocycles. The van der Waals surface area contributed by atoms with Gasteiger partial charge in [0.15, 0.2) is 0 Å². The van der Waals surface area contributed by atoms with E-state index in [9.17, 15) is 0 Å². The van der Waals surface area contributed by atoms with Gasteiger partial charge in [0.05, 0.1) is 0 Å². The Bertz CT molecular complexity index is 352. The van der Waals surface area contributed by atoms with E-state index in [1.54, 1.807) is 0 Å². The SMILES string of the molecule is c1cncc(CNCCN2CC3CCC2C3)c1. The third-order valence-electron chi connectivity index (χ3n) is 4.15. The molecule has 2 fully saturated rings. The third-order valence-corrected chi connectivity index (χ3v) is 4.15. The van der Waals surface area contributed by atoms with Gasteiger partial charge in [0.25, 0.3) is 0 Å². The van der Waals surface area contributed by atoms with Gasteiger partial charge in [-0.1, -0.05) is 6.07 Å². The molecule has 2 aliphatic rings. The van der Waals surface area contributed by atoms with Crippen LogP contribution in [0.15, 0.2) is 24.5 Å². The van der Waals surface area contributed by atoms with Gasteiger partial charge in [0.2, 0.25) is 0 Å². The zero-order valence-electron chi connectivity index (χ0n) is 10.3. The molecule has 92 valence electrons. The summed E-state index contributed by atoms with van der Waals surface area (Å²) in [7, 11) is 0. The third kappa shape index (κ3) is 2.67. The van der Waals surface area contributed by atoms with Crippen molar-refractivity contribution in [2.24, 2.45) is 5.92 Å². The minimum atomic E-state index is 0.903. The molecular weight excluding hydrogens is 210 g/mol. The van der Waals surface area contributed by atoms with Gasteiger partial charge in [-0.15, -0.1) is 0 Å². The van der Waals surface area contributed by atoms with Crippen LogP contribution in [0.5, 0.6) is 0 Å². The van der Waals surface area contributed by atoms with Gasteiger partial charge in [-0.2, -0.15) is 0 Å². The van der Waals surface area contributed by atoms with Crippen molar-refractivity contribution < 1.29 is 0 Å². The summed E-state index contributed by atoms with van der Waals surface area (Å²) in [6.07, 6.45) is 8.13. The summed E-state index contributed by atoms with van der Waals surface area (Å²) < 4.78 is 0. The van der Waals surface area contributed by atoms with Gasteiger partial charge in [0, 0.05) is 44.6 Å². The molecule has 3 heteroatoms. The molecule has 1 saturated carbocycles. The Morgan fingerprint density at radius 1 is 1.41 bits per heavy atom. The number of piperidine rings is 1. The smallest absolute Gasteiger partial charge is 0.0312 e. The average Bonchev–Trinajstić information content (AvgIpc) is 2.98. The highest BCUT2D eigenvalue weighted by Crippen LogP contribution is 2.36. The second-order valence-corrected chi connectivity index (χ2v) is 5.37. The highest BCUT2D eigenvalue weighted by Gasteiger charge is 2.36. The number of likely N-dealkylation sites (tertiary alicyclic amines) is 1. The van der Waals surface area contributed by atoms with Crippen LogP contribution in [0.2, 0.25) is 0 Å². The quantitative estimate of drug-likeness (QED) is 0.781. The molecule has 2 heterocycles. The number of hydrogen-bond donors (Lipinski definition) is 1. The highest BCUT2D eigenvalue weighted by atomic mass is 15.2. The number of nitrogens with zero attached hydrogens (tertiary/aromatic N) is 2. The summed E-state index contributed by atoms with van der Waals surface area (Å²) in [5.74, 6) is 1.01. The zero-order valence-corrected chi connectivity index (χ0v) is 10.3. The summed E-state index contributed by atoms with van der Waals surface area (Å²) in [5.41, 5.74) is 1.27. The zero-order chi connectivity index (χ0) is 11.5. The van der Waals surface area contributed by atoms with E-state index in [4.69, 9.17) is 0 Å². The van der Waals surface area contributed by atoms with Crippen LogP contribution in [-0.2, 0) is 6.54 Å². The summed E-state index contributed by atoms with van der Waals surface area (Å²) in [5, 5.41) is 3.51. The number of pyridine rings is 1. The van der Waals surface area contributed by atoms with Crippen molar-refractivity contribution in [2.75, 3.05) is 19.6 Å². The van der Waals surface area contributed by atoms with Crippen molar-refractivity contribution in [3.63, 3.8) is 0 Å². The maximum Gasteiger partial charge on any atom is 0.0312 e. The lowest BCUT2D eigenvalue weighted by Crippen LogP contribution is -2.37. The van der Waals surface area contributed by atoms with Crippen LogP contribution >= 0.6 is 0 Å². The standard InChI is InChI=1S/C14H21N3/c1-2-13(9-15-5-1)10-16-6-7-17-11-12-3-4-14(17)8-12/h1-2,5,9,12,14,16H,3-4,6-8,10-11H2. The predicted molar refractivity (Wildman–Crippen MR) is 68.6 cm³/mol. The van der Waals surface area contributed by atoms with Gasteiger partial charge in [-0.05, 0) is 36.8 Å². The first-order valence-electron chi connectivity index (χ1n) is 6.75. The Hall–Kier alpha value is -0.930. The maximum atomic E-state index is 4.12. The van der Waals surface area contributed by atoms with Crippen molar-refractivity contribution in [1.29, 1.82) is 0 Å². The Labute approximate surface area is 103 Å². The molecule has 0 spiro atoms. The van der Waals surface area contributed by atoms with Crippen LogP contribution in [0.4, 0.5) is 0 Å². The normalized spacial score (nSPS) is 27.8. The molecule has 1 aliphatic carbocycles. The van der Waals surface area contributed by atoms with Crippen LogP contribution in [0.1, 0.15) is 24.8 Å².